The van der Waals surface area contributed by atoms with E-state index in [1.807, 2.05) is 0 Å². The second kappa shape index (κ2) is 5.80. The first-order valence-electron chi connectivity index (χ1n) is 5.85. The van der Waals surface area contributed by atoms with Gasteiger partial charge in [0.15, 0.2) is 0 Å². The maximum absolute atomic E-state index is 5.47. The van der Waals surface area contributed by atoms with Crippen LogP contribution in [0.25, 0.3) is 0 Å². The Kier molecular flexibility index (Phi) is 4.38. The van der Waals surface area contributed by atoms with Gasteiger partial charge in [0, 0.05) is 23.2 Å². The summed E-state index contributed by atoms with van der Waals surface area (Å²) in [5.74, 6) is 0. The lowest BCUT2D eigenvalue weighted by atomic mass is 10.1. The molecule has 0 bridgehead atoms. The van der Waals surface area contributed by atoms with Crippen molar-refractivity contribution in [2.75, 3.05) is 13.2 Å². The zero-order chi connectivity index (χ0) is 11.4. The number of halogens is 1. The molecule has 16 heavy (non-hydrogen) atoms. The molecule has 0 radical (unpaired) electrons. The number of ether oxygens (including phenoxy) is 1. The average molecular weight is 284 g/mol. The number of rotatable bonds is 3. The number of nitrogens with one attached hydrogen (secondary N) is 1. The first-order chi connectivity index (χ1) is 7.75. The van der Waals surface area contributed by atoms with Gasteiger partial charge in [-0.15, -0.1) is 0 Å². The van der Waals surface area contributed by atoms with E-state index in [1.165, 1.54) is 18.4 Å². The summed E-state index contributed by atoms with van der Waals surface area (Å²) in [4.78, 5) is 0. The molecule has 2 unspecified atom stereocenters. The van der Waals surface area contributed by atoms with Gasteiger partial charge >= 0.3 is 0 Å². The number of hydrogen-bond acceptors (Lipinski definition) is 2. The molecule has 1 heterocycles. The standard InChI is InChI=1S/C13H18BrNO/c1-10(11-4-6-12(14)7-5-11)15-13-3-2-8-16-9-13/h4-7,10,13,15H,2-3,8-9H2,1H3. The zero-order valence-corrected chi connectivity index (χ0v) is 11.2. The summed E-state index contributed by atoms with van der Waals surface area (Å²) in [6, 6.07) is 9.39. The lowest BCUT2D eigenvalue weighted by Gasteiger charge is -2.27. The van der Waals surface area contributed by atoms with Crippen LogP contribution in [-0.4, -0.2) is 19.3 Å². The van der Waals surface area contributed by atoms with Crippen molar-refractivity contribution in [3.63, 3.8) is 0 Å². The van der Waals surface area contributed by atoms with Gasteiger partial charge in [0.2, 0.25) is 0 Å². The lowest BCUT2D eigenvalue weighted by Crippen LogP contribution is -2.38. The second-order valence-corrected chi connectivity index (χ2v) is 5.27. The minimum atomic E-state index is 0.389. The summed E-state index contributed by atoms with van der Waals surface area (Å²) >= 11 is 3.45. The predicted octanol–water partition coefficient (Wildman–Crippen LogP) is 3.28. The van der Waals surface area contributed by atoms with Crippen molar-refractivity contribution in [3.05, 3.63) is 34.3 Å². The molecule has 88 valence electrons. The maximum atomic E-state index is 5.47. The van der Waals surface area contributed by atoms with Crippen molar-refractivity contribution < 1.29 is 4.74 Å². The Balaban J connectivity index is 1.91. The first kappa shape index (κ1) is 12.1. The Labute approximate surface area is 106 Å². The summed E-state index contributed by atoms with van der Waals surface area (Å²) < 4.78 is 6.60. The Morgan fingerprint density at radius 1 is 1.38 bits per heavy atom. The van der Waals surface area contributed by atoms with Crippen LogP contribution in [-0.2, 0) is 4.74 Å². The summed E-state index contributed by atoms with van der Waals surface area (Å²) in [7, 11) is 0. The fraction of sp³-hybridized carbons (Fsp3) is 0.538. The molecule has 0 amide bonds. The van der Waals surface area contributed by atoms with Crippen LogP contribution >= 0.6 is 15.9 Å². The average Bonchev–Trinajstić information content (AvgIpc) is 2.31. The van der Waals surface area contributed by atoms with E-state index in [1.54, 1.807) is 0 Å². The quantitative estimate of drug-likeness (QED) is 0.919. The molecule has 1 aliphatic rings. The van der Waals surface area contributed by atoms with Crippen molar-refractivity contribution in [1.29, 1.82) is 0 Å². The molecular formula is C13H18BrNO. The summed E-state index contributed by atoms with van der Waals surface area (Å²) in [6.07, 6.45) is 2.39. The van der Waals surface area contributed by atoms with Gasteiger partial charge < -0.3 is 10.1 Å². The summed E-state index contributed by atoms with van der Waals surface area (Å²) in [5, 5.41) is 3.61. The van der Waals surface area contributed by atoms with Gasteiger partial charge in [-0.25, -0.2) is 0 Å². The molecule has 2 rings (SSSR count). The molecule has 0 aromatic heterocycles. The minimum absolute atomic E-state index is 0.389. The molecule has 1 saturated heterocycles. The number of benzene rings is 1. The van der Waals surface area contributed by atoms with E-state index >= 15 is 0 Å². The maximum Gasteiger partial charge on any atom is 0.0619 e. The van der Waals surface area contributed by atoms with Gasteiger partial charge in [0.1, 0.15) is 0 Å². The normalized spacial score (nSPS) is 23.0. The molecule has 2 nitrogen and oxygen atoms in total. The second-order valence-electron chi connectivity index (χ2n) is 4.35. The third-order valence-corrected chi connectivity index (χ3v) is 3.54. The molecule has 1 fully saturated rings. The molecule has 1 aromatic carbocycles. The highest BCUT2D eigenvalue weighted by Crippen LogP contribution is 2.18. The van der Waals surface area contributed by atoms with E-state index in [9.17, 15) is 0 Å². The minimum Gasteiger partial charge on any atom is -0.380 e. The van der Waals surface area contributed by atoms with E-state index in [-0.39, 0.29) is 0 Å². The number of hydrogen-bond donors (Lipinski definition) is 1. The van der Waals surface area contributed by atoms with Crippen LogP contribution in [0.2, 0.25) is 0 Å². The van der Waals surface area contributed by atoms with Crippen molar-refractivity contribution in [2.45, 2.75) is 31.8 Å². The summed E-state index contributed by atoms with van der Waals surface area (Å²) in [6.45, 7) is 3.98. The highest BCUT2D eigenvalue weighted by molar-refractivity contribution is 9.10. The van der Waals surface area contributed by atoms with Gasteiger partial charge in [-0.3, -0.25) is 0 Å². The van der Waals surface area contributed by atoms with E-state index in [4.69, 9.17) is 4.74 Å². The van der Waals surface area contributed by atoms with E-state index in [0.717, 1.165) is 17.7 Å². The van der Waals surface area contributed by atoms with E-state index < -0.39 is 0 Å². The SMILES string of the molecule is CC(NC1CCCOC1)c1ccc(Br)cc1. The Hall–Kier alpha value is -0.380. The van der Waals surface area contributed by atoms with Crippen molar-refractivity contribution in [1.82, 2.24) is 5.32 Å². The van der Waals surface area contributed by atoms with Gasteiger partial charge in [0.25, 0.3) is 0 Å². The zero-order valence-electron chi connectivity index (χ0n) is 9.58. The third-order valence-electron chi connectivity index (χ3n) is 3.02. The Bertz CT molecular complexity index is 319. The van der Waals surface area contributed by atoms with Crippen LogP contribution in [0.3, 0.4) is 0 Å². The molecule has 3 heteroatoms. The van der Waals surface area contributed by atoms with E-state index in [0.29, 0.717) is 12.1 Å². The molecule has 0 spiro atoms. The van der Waals surface area contributed by atoms with Crippen LogP contribution in [0.5, 0.6) is 0 Å². The van der Waals surface area contributed by atoms with Gasteiger partial charge in [0.05, 0.1) is 6.61 Å². The summed E-state index contributed by atoms with van der Waals surface area (Å²) in [5.41, 5.74) is 1.33. The highest BCUT2D eigenvalue weighted by atomic mass is 79.9. The first-order valence-corrected chi connectivity index (χ1v) is 6.64. The molecule has 1 N–H and O–H groups in total. The Morgan fingerprint density at radius 2 is 2.12 bits per heavy atom. The van der Waals surface area contributed by atoms with Gasteiger partial charge in [-0.05, 0) is 37.5 Å². The molecule has 2 atom stereocenters. The van der Waals surface area contributed by atoms with Crippen molar-refractivity contribution in [2.24, 2.45) is 0 Å². The molecular weight excluding hydrogens is 266 g/mol. The lowest BCUT2D eigenvalue weighted by molar-refractivity contribution is 0.0671. The third kappa shape index (κ3) is 3.30. The fourth-order valence-corrected chi connectivity index (χ4v) is 2.34. The topological polar surface area (TPSA) is 21.3 Å². The van der Waals surface area contributed by atoms with Crippen LogP contribution in [0.15, 0.2) is 28.7 Å². The van der Waals surface area contributed by atoms with Crippen LogP contribution in [0.4, 0.5) is 0 Å². The highest BCUT2D eigenvalue weighted by Gasteiger charge is 2.16. The molecule has 0 aliphatic carbocycles. The van der Waals surface area contributed by atoms with Crippen LogP contribution in [0.1, 0.15) is 31.4 Å². The van der Waals surface area contributed by atoms with Crippen molar-refractivity contribution in [3.8, 4) is 0 Å². The predicted molar refractivity (Wildman–Crippen MR) is 69.5 cm³/mol. The monoisotopic (exact) mass is 283 g/mol. The fourth-order valence-electron chi connectivity index (χ4n) is 2.07. The van der Waals surface area contributed by atoms with Gasteiger partial charge in [-0.2, -0.15) is 0 Å². The molecule has 0 saturated carbocycles. The van der Waals surface area contributed by atoms with Crippen LogP contribution in [0, 0.1) is 0 Å². The Morgan fingerprint density at radius 3 is 2.75 bits per heavy atom. The molecule has 1 aliphatic heterocycles. The largest absolute Gasteiger partial charge is 0.380 e. The molecule has 1 aromatic rings. The van der Waals surface area contributed by atoms with E-state index in [2.05, 4.69) is 52.4 Å². The smallest absolute Gasteiger partial charge is 0.0619 e. The van der Waals surface area contributed by atoms with Crippen LogP contribution < -0.4 is 5.32 Å². The van der Waals surface area contributed by atoms with Gasteiger partial charge in [-0.1, -0.05) is 28.1 Å². The van der Waals surface area contributed by atoms with Crippen molar-refractivity contribution >= 4 is 15.9 Å².